The molecular weight excluding hydrogens is 643 g/mol. The largest absolute Gasteiger partial charge is 0.506 e. The molecule has 0 spiro atoms. The molecule has 2 aromatic heterocycles. The number of nitrogens with zero attached hydrogens (tertiary/aromatic N) is 1. The first kappa shape index (κ1) is 34.5. The Morgan fingerprint density at radius 2 is 1.80 bits per heavy atom. The molecule has 1 aliphatic rings. The first-order valence-corrected chi connectivity index (χ1v) is 17.7. The van der Waals surface area contributed by atoms with Gasteiger partial charge in [0.25, 0.3) is 0 Å². The van der Waals surface area contributed by atoms with E-state index < -0.39 is 11.7 Å². The van der Waals surface area contributed by atoms with Gasteiger partial charge in [-0.25, -0.2) is 4.98 Å². The monoisotopic (exact) mass is 685 g/mol. The van der Waals surface area contributed by atoms with E-state index in [9.17, 15) is 24.9 Å². The number of phenols is 1. The number of oxazole rings is 1. The smallest absolute Gasteiger partial charge is 0.305 e. The summed E-state index contributed by atoms with van der Waals surface area (Å²) in [5.41, 5.74) is 2.14. The van der Waals surface area contributed by atoms with Crippen molar-refractivity contribution < 1.29 is 24.5 Å². The number of anilines is 1. The van der Waals surface area contributed by atoms with Crippen LogP contribution in [-0.4, -0.2) is 50.8 Å². The summed E-state index contributed by atoms with van der Waals surface area (Å²) < 4.78 is 6.67. The molecular formula is C37H43N5O6S. The standard InChI is InChI=1S/C37H43N5O6S/c43-30-16-15-29(34-33(30)42-36(46)49-34)31(44)23-39-21-24-11-13-27(14-12-24)41-32(45)18-20-38-19-17-28-22-40-35(48-28)37(47,25-7-3-1-4-8-25)26-9-5-2-6-10-26/h1,3-4,7-8,11-16,22,26,31,38-39,43-44,47H,2,5-6,9-10,17-21,23H2,(H,41,45)(H,42,46)/t31-,37-/m0/s1. The first-order valence-electron chi connectivity index (χ1n) is 16.9. The maximum atomic E-state index is 12.5. The number of aliphatic hydroxyl groups is 2. The molecule has 6 rings (SSSR count). The van der Waals surface area contributed by atoms with Crippen LogP contribution >= 0.6 is 11.3 Å². The van der Waals surface area contributed by atoms with Crippen molar-refractivity contribution in [2.75, 3.05) is 25.0 Å². The van der Waals surface area contributed by atoms with E-state index in [1.165, 1.54) is 12.5 Å². The van der Waals surface area contributed by atoms with E-state index >= 15 is 0 Å². The van der Waals surface area contributed by atoms with Gasteiger partial charge in [-0.1, -0.05) is 79.1 Å². The molecule has 0 aliphatic heterocycles. The summed E-state index contributed by atoms with van der Waals surface area (Å²) in [5, 5.41) is 42.1. The maximum Gasteiger partial charge on any atom is 0.305 e. The fourth-order valence-electron chi connectivity index (χ4n) is 6.58. The number of carbonyl (C=O) groups excluding carboxylic acids is 1. The van der Waals surface area contributed by atoms with Gasteiger partial charge in [-0.3, -0.25) is 9.59 Å². The van der Waals surface area contributed by atoms with Gasteiger partial charge < -0.3 is 40.7 Å². The number of benzene rings is 3. The van der Waals surface area contributed by atoms with Crippen molar-refractivity contribution in [1.29, 1.82) is 0 Å². The lowest BCUT2D eigenvalue weighted by Crippen LogP contribution is -2.38. The van der Waals surface area contributed by atoms with Crippen LogP contribution in [0.3, 0.4) is 0 Å². The minimum atomic E-state index is -1.25. The summed E-state index contributed by atoms with van der Waals surface area (Å²) in [7, 11) is 0. The third-order valence-electron chi connectivity index (χ3n) is 9.22. The van der Waals surface area contributed by atoms with E-state index in [2.05, 4.69) is 25.9 Å². The van der Waals surface area contributed by atoms with Crippen molar-refractivity contribution >= 4 is 33.1 Å². The number of amides is 1. The Morgan fingerprint density at radius 1 is 1.02 bits per heavy atom. The lowest BCUT2D eigenvalue weighted by atomic mass is 9.73. The van der Waals surface area contributed by atoms with Gasteiger partial charge in [-0.2, -0.15) is 0 Å². The van der Waals surface area contributed by atoms with E-state index in [1.807, 2.05) is 54.6 Å². The van der Waals surface area contributed by atoms with Crippen molar-refractivity contribution in [3.63, 3.8) is 0 Å². The zero-order chi connectivity index (χ0) is 34.2. The van der Waals surface area contributed by atoms with Crippen molar-refractivity contribution in [3.05, 3.63) is 111 Å². The zero-order valence-electron chi connectivity index (χ0n) is 27.3. The Bertz CT molecular complexity index is 1880. The van der Waals surface area contributed by atoms with Crippen molar-refractivity contribution in [2.24, 2.45) is 5.92 Å². The third kappa shape index (κ3) is 8.28. The number of nitrogens with one attached hydrogen (secondary N) is 4. The van der Waals surface area contributed by atoms with Crippen LogP contribution in [0.4, 0.5) is 5.69 Å². The highest BCUT2D eigenvalue weighted by atomic mass is 32.1. The first-order chi connectivity index (χ1) is 23.8. The van der Waals surface area contributed by atoms with Gasteiger partial charge in [-0.05, 0) is 42.2 Å². The summed E-state index contributed by atoms with van der Waals surface area (Å²) in [4.78, 5) is 31.1. The predicted molar refractivity (Wildman–Crippen MR) is 190 cm³/mol. The van der Waals surface area contributed by atoms with Crippen LogP contribution < -0.4 is 20.8 Å². The molecule has 1 saturated carbocycles. The molecule has 3 aromatic carbocycles. The normalized spacial score (nSPS) is 15.6. The Hall–Kier alpha value is -4.33. The molecule has 7 N–H and O–H groups in total. The van der Waals surface area contributed by atoms with Crippen LogP contribution in [0.2, 0.25) is 0 Å². The number of fused-ring (bicyclic) bond motifs is 1. The number of aromatic hydroxyl groups is 1. The number of phenolic OH excluding ortho intramolecular Hbond substituents is 1. The van der Waals surface area contributed by atoms with Crippen LogP contribution in [0, 0.1) is 5.92 Å². The molecule has 2 heterocycles. The Balaban J connectivity index is 0.912. The second kappa shape index (κ2) is 15.9. The highest BCUT2D eigenvalue weighted by molar-refractivity contribution is 7.16. The summed E-state index contributed by atoms with van der Waals surface area (Å²) in [5.74, 6) is 0.978. The van der Waals surface area contributed by atoms with Crippen molar-refractivity contribution in [1.82, 2.24) is 20.6 Å². The quantitative estimate of drug-likeness (QED) is 0.0742. The van der Waals surface area contributed by atoms with Gasteiger partial charge in [0.05, 0.1) is 17.0 Å². The minimum absolute atomic E-state index is 0.0266. The van der Waals surface area contributed by atoms with Crippen LogP contribution in [0.25, 0.3) is 10.2 Å². The predicted octanol–water partition coefficient (Wildman–Crippen LogP) is 5.08. The SMILES string of the molecule is O=C(CCNCCc1cnc([C@](O)(c2ccccc2)C2CCCCC2)o1)Nc1ccc(CNC[C@H](O)c2ccc(O)c3[nH]c(=O)sc23)cc1. The Morgan fingerprint density at radius 3 is 2.57 bits per heavy atom. The number of hydrogen-bond acceptors (Lipinski definition) is 10. The van der Waals surface area contributed by atoms with E-state index in [0.717, 1.165) is 48.1 Å². The molecule has 1 amide bonds. The lowest BCUT2D eigenvalue weighted by molar-refractivity contribution is -0.116. The van der Waals surface area contributed by atoms with Gasteiger partial charge in [0.1, 0.15) is 17.0 Å². The number of aromatic amines is 1. The topological polar surface area (TPSA) is 173 Å². The summed E-state index contributed by atoms with van der Waals surface area (Å²) in [6, 6.07) is 20.3. The number of aliphatic hydroxyl groups excluding tert-OH is 1. The second-order valence-corrected chi connectivity index (χ2v) is 13.6. The number of H-pyrrole nitrogens is 1. The number of carbonyl (C=O) groups is 1. The van der Waals surface area contributed by atoms with Crippen LogP contribution in [0.5, 0.6) is 5.75 Å². The number of hydrogen-bond donors (Lipinski definition) is 7. The number of aromatic nitrogens is 2. The zero-order valence-corrected chi connectivity index (χ0v) is 28.1. The van der Waals surface area contributed by atoms with E-state index in [0.29, 0.717) is 65.6 Å². The van der Waals surface area contributed by atoms with Gasteiger partial charge in [0, 0.05) is 56.2 Å². The van der Waals surface area contributed by atoms with Crippen LogP contribution in [0.15, 0.2) is 82.1 Å². The highest BCUT2D eigenvalue weighted by Crippen LogP contribution is 2.43. The van der Waals surface area contributed by atoms with Gasteiger partial charge in [0.2, 0.25) is 11.8 Å². The number of thiazole rings is 1. The van der Waals surface area contributed by atoms with Crippen LogP contribution in [0.1, 0.15) is 73.0 Å². The van der Waals surface area contributed by atoms with Crippen molar-refractivity contribution in [2.45, 2.75) is 63.2 Å². The fourth-order valence-corrected chi connectivity index (χ4v) is 7.50. The van der Waals surface area contributed by atoms with E-state index in [-0.39, 0.29) is 29.0 Å². The number of rotatable bonds is 15. The maximum absolute atomic E-state index is 12.5. The fraction of sp³-hybridized carbons (Fsp3) is 0.378. The molecule has 2 atom stereocenters. The molecule has 0 bridgehead atoms. The molecule has 0 saturated heterocycles. The molecule has 12 heteroatoms. The molecule has 5 aromatic rings. The van der Waals surface area contributed by atoms with Crippen molar-refractivity contribution in [3.8, 4) is 5.75 Å². The Labute approximate surface area is 288 Å². The van der Waals surface area contributed by atoms with Gasteiger partial charge in [0.15, 0.2) is 5.60 Å². The van der Waals surface area contributed by atoms with E-state index in [4.69, 9.17) is 4.42 Å². The highest BCUT2D eigenvalue weighted by Gasteiger charge is 2.44. The summed E-state index contributed by atoms with van der Waals surface area (Å²) in [6.07, 6.45) is 6.98. The summed E-state index contributed by atoms with van der Waals surface area (Å²) >= 11 is 0.957. The average molecular weight is 686 g/mol. The third-order valence-corrected chi connectivity index (χ3v) is 10.1. The summed E-state index contributed by atoms with van der Waals surface area (Å²) in [6.45, 7) is 1.86. The van der Waals surface area contributed by atoms with Gasteiger partial charge in [-0.15, -0.1) is 0 Å². The molecule has 1 fully saturated rings. The Kier molecular flexibility index (Phi) is 11.2. The molecule has 258 valence electrons. The molecule has 11 nitrogen and oxygen atoms in total. The minimum Gasteiger partial charge on any atom is -0.506 e. The second-order valence-electron chi connectivity index (χ2n) is 12.6. The molecule has 49 heavy (non-hydrogen) atoms. The molecule has 0 unspecified atom stereocenters. The molecule has 0 radical (unpaired) electrons. The van der Waals surface area contributed by atoms with E-state index in [1.54, 1.807) is 12.3 Å². The lowest BCUT2D eigenvalue weighted by Gasteiger charge is -2.36. The average Bonchev–Trinajstić information content (AvgIpc) is 3.77. The van der Waals surface area contributed by atoms with Crippen LogP contribution in [-0.2, 0) is 23.4 Å². The van der Waals surface area contributed by atoms with Gasteiger partial charge >= 0.3 is 4.87 Å². The molecule has 1 aliphatic carbocycles.